The molecule has 4 heteroatoms. The Morgan fingerprint density at radius 3 is 3.00 bits per heavy atom. The summed E-state index contributed by atoms with van der Waals surface area (Å²) in [5.41, 5.74) is 7.03. The Morgan fingerprint density at radius 1 is 1.47 bits per heavy atom. The molecule has 3 N–H and O–H groups in total. The fraction of sp³-hybridized carbons (Fsp3) is 0.182. The van der Waals surface area contributed by atoms with Gasteiger partial charge < -0.3 is 10.2 Å². The summed E-state index contributed by atoms with van der Waals surface area (Å²) in [6.45, 7) is 1.79. The highest BCUT2D eigenvalue weighted by atomic mass is 16.4. The minimum absolute atomic E-state index is 0.0676. The lowest BCUT2D eigenvalue weighted by atomic mass is 10.2. The third kappa shape index (κ3) is 1.93. The standard InChI is InChI=1S/C11H12N2O2/c1-2-10(14)13-11-6-7-5-8(12)3-4-9(7)15-11/h3-6H,2,12H2,1H3,(H,13,14). The summed E-state index contributed by atoms with van der Waals surface area (Å²) >= 11 is 0. The molecule has 0 aliphatic carbocycles. The number of amides is 1. The van der Waals surface area contributed by atoms with Crippen molar-refractivity contribution in [2.45, 2.75) is 13.3 Å². The van der Waals surface area contributed by atoms with Gasteiger partial charge in [0.05, 0.1) is 0 Å². The van der Waals surface area contributed by atoms with E-state index in [1.807, 2.05) is 0 Å². The second kappa shape index (κ2) is 3.65. The van der Waals surface area contributed by atoms with Crippen LogP contribution < -0.4 is 11.1 Å². The second-order valence-corrected chi connectivity index (χ2v) is 3.31. The number of fused-ring (bicyclic) bond motifs is 1. The summed E-state index contributed by atoms with van der Waals surface area (Å²) in [5.74, 6) is 0.393. The Balaban J connectivity index is 2.34. The van der Waals surface area contributed by atoms with Crippen LogP contribution in [0.4, 0.5) is 11.6 Å². The monoisotopic (exact) mass is 204 g/mol. The van der Waals surface area contributed by atoms with Crippen molar-refractivity contribution in [2.24, 2.45) is 0 Å². The van der Waals surface area contributed by atoms with Crippen LogP contribution in [0.5, 0.6) is 0 Å². The minimum atomic E-state index is -0.0676. The van der Waals surface area contributed by atoms with Gasteiger partial charge in [0.25, 0.3) is 0 Å². The molecular formula is C11H12N2O2. The summed E-state index contributed by atoms with van der Waals surface area (Å²) in [7, 11) is 0. The molecular weight excluding hydrogens is 192 g/mol. The molecule has 0 spiro atoms. The van der Waals surface area contributed by atoms with E-state index in [0.717, 1.165) is 11.0 Å². The smallest absolute Gasteiger partial charge is 0.226 e. The highest BCUT2D eigenvalue weighted by Crippen LogP contribution is 2.24. The third-order valence-corrected chi connectivity index (χ3v) is 2.12. The second-order valence-electron chi connectivity index (χ2n) is 3.31. The van der Waals surface area contributed by atoms with Gasteiger partial charge in [-0.15, -0.1) is 0 Å². The van der Waals surface area contributed by atoms with Crippen LogP contribution in [0, 0.1) is 0 Å². The molecule has 1 amide bonds. The third-order valence-electron chi connectivity index (χ3n) is 2.12. The Hall–Kier alpha value is -1.97. The molecule has 0 saturated heterocycles. The molecule has 0 aliphatic heterocycles. The lowest BCUT2D eigenvalue weighted by Gasteiger charge is -1.95. The quantitative estimate of drug-likeness (QED) is 0.738. The number of nitrogens with two attached hydrogens (primary N) is 1. The molecule has 0 fully saturated rings. The number of nitrogens with one attached hydrogen (secondary N) is 1. The van der Waals surface area contributed by atoms with Gasteiger partial charge in [0.1, 0.15) is 5.58 Å². The first-order chi connectivity index (χ1) is 7.19. The molecule has 1 aromatic heterocycles. The number of benzene rings is 1. The Kier molecular flexibility index (Phi) is 2.33. The number of anilines is 2. The number of furan rings is 1. The lowest BCUT2D eigenvalue weighted by molar-refractivity contribution is -0.116. The van der Waals surface area contributed by atoms with E-state index in [2.05, 4.69) is 5.32 Å². The highest BCUT2D eigenvalue weighted by molar-refractivity contribution is 5.92. The van der Waals surface area contributed by atoms with Crippen molar-refractivity contribution in [3.63, 3.8) is 0 Å². The van der Waals surface area contributed by atoms with E-state index in [4.69, 9.17) is 10.2 Å². The van der Waals surface area contributed by atoms with Crippen molar-refractivity contribution in [1.82, 2.24) is 0 Å². The molecule has 78 valence electrons. The minimum Gasteiger partial charge on any atom is -0.440 e. The van der Waals surface area contributed by atoms with Crippen LogP contribution in [0.2, 0.25) is 0 Å². The maximum atomic E-state index is 11.1. The zero-order chi connectivity index (χ0) is 10.8. The number of carbonyl (C=O) groups excluding carboxylic acids is 1. The predicted molar refractivity (Wildman–Crippen MR) is 59.5 cm³/mol. The van der Waals surface area contributed by atoms with Crippen LogP contribution in [-0.4, -0.2) is 5.91 Å². The maximum Gasteiger partial charge on any atom is 0.226 e. The molecule has 1 heterocycles. The van der Waals surface area contributed by atoms with Crippen molar-refractivity contribution in [3.05, 3.63) is 24.3 Å². The van der Waals surface area contributed by atoms with Crippen LogP contribution in [-0.2, 0) is 4.79 Å². The average molecular weight is 204 g/mol. The maximum absolute atomic E-state index is 11.1. The Bertz CT molecular complexity index is 502. The van der Waals surface area contributed by atoms with Crippen LogP contribution >= 0.6 is 0 Å². The van der Waals surface area contributed by atoms with Gasteiger partial charge in [-0.05, 0) is 18.2 Å². The van der Waals surface area contributed by atoms with Gasteiger partial charge in [-0.3, -0.25) is 10.1 Å². The van der Waals surface area contributed by atoms with E-state index in [-0.39, 0.29) is 5.91 Å². The number of hydrogen-bond acceptors (Lipinski definition) is 3. The van der Waals surface area contributed by atoms with Gasteiger partial charge in [-0.2, -0.15) is 0 Å². The highest BCUT2D eigenvalue weighted by Gasteiger charge is 2.05. The van der Waals surface area contributed by atoms with Crippen LogP contribution in [0.1, 0.15) is 13.3 Å². The number of rotatable bonds is 2. The van der Waals surface area contributed by atoms with Crippen molar-refractivity contribution in [1.29, 1.82) is 0 Å². The van der Waals surface area contributed by atoms with Crippen molar-refractivity contribution in [3.8, 4) is 0 Å². The van der Waals surface area contributed by atoms with Crippen LogP contribution in [0.3, 0.4) is 0 Å². The molecule has 2 aromatic rings. The zero-order valence-electron chi connectivity index (χ0n) is 8.41. The Morgan fingerprint density at radius 2 is 2.27 bits per heavy atom. The van der Waals surface area contributed by atoms with E-state index in [1.165, 1.54) is 0 Å². The summed E-state index contributed by atoms with van der Waals surface area (Å²) in [4.78, 5) is 11.1. The van der Waals surface area contributed by atoms with Gasteiger partial charge in [0.2, 0.25) is 11.8 Å². The summed E-state index contributed by atoms with van der Waals surface area (Å²) in [5, 5.41) is 3.54. The van der Waals surface area contributed by atoms with E-state index >= 15 is 0 Å². The topological polar surface area (TPSA) is 68.3 Å². The summed E-state index contributed by atoms with van der Waals surface area (Å²) in [6.07, 6.45) is 0.430. The predicted octanol–water partition coefficient (Wildman–Crippen LogP) is 2.36. The molecule has 1 aromatic carbocycles. The van der Waals surface area contributed by atoms with E-state index in [9.17, 15) is 4.79 Å². The first kappa shape index (κ1) is 9.58. The normalized spacial score (nSPS) is 10.5. The molecule has 15 heavy (non-hydrogen) atoms. The molecule has 0 bridgehead atoms. The summed E-state index contributed by atoms with van der Waals surface area (Å²) in [6, 6.07) is 7.11. The van der Waals surface area contributed by atoms with Gasteiger partial charge >= 0.3 is 0 Å². The summed E-state index contributed by atoms with van der Waals surface area (Å²) < 4.78 is 5.41. The average Bonchev–Trinajstić information content (AvgIpc) is 2.59. The molecule has 0 atom stereocenters. The van der Waals surface area contributed by atoms with Crippen molar-refractivity contribution in [2.75, 3.05) is 11.1 Å². The molecule has 0 radical (unpaired) electrons. The number of hydrogen-bond donors (Lipinski definition) is 2. The van der Waals surface area contributed by atoms with E-state index in [0.29, 0.717) is 18.0 Å². The van der Waals surface area contributed by atoms with E-state index in [1.54, 1.807) is 31.2 Å². The first-order valence-corrected chi connectivity index (χ1v) is 4.78. The van der Waals surface area contributed by atoms with Crippen molar-refractivity contribution >= 4 is 28.4 Å². The molecule has 4 nitrogen and oxygen atoms in total. The molecule has 0 unspecified atom stereocenters. The van der Waals surface area contributed by atoms with Gasteiger partial charge in [-0.1, -0.05) is 6.92 Å². The SMILES string of the molecule is CCC(=O)Nc1cc2cc(N)ccc2o1. The van der Waals surface area contributed by atoms with E-state index < -0.39 is 0 Å². The molecule has 2 rings (SSSR count). The van der Waals surface area contributed by atoms with Gasteiger partial charge in [-0.25, -0.2) is 0 Å². The lowest BCUT2D eigenvalue weighted by Crippen LogP contribution is -2.08. The molecule has 0 saturated carbocycles. The van der Waals surface area contributed by atoms with Crippen LogP contribution in [0.15, 0.2) is 28.7 Å². The fourth-order valence-electron chi connectivity index (χ4n) is 1.35. The number of carbonyl (C=O) groups is 1. The zero-order valence-corrected chi connectivity index (χ0v) is 8.41. The van der Waals surface area contributed by atoms with Crippen molar-refractivity contribution < 1.29 is 9.21 Å². The number of nitrogen functional groups attached to an aromatic ring is 1. The van der Waals surface area contributed by atoms with Gasteiger partial charge in [0.15, 0.2) is 0 Å². The Labute approximate surface area is 87.1 Å². The largest absolute Gasteiger partial charge is 0.440 e. The molecule has 0 aliphatic rings. The van der Waals surface area contributed by atoms with Gasteiger partial charge in [0, 0.05) is 23.6 Å². The van der Waals surface area contributed by atoms with Crippen LogP contribution in [0.25, 0.3) is 11.0 Å². The fourth-order valence-corrected chi connectivity index (χ4v) is 1.35. The first-order valence-electron chi connectivity index (χ1n) is 4.78.